The predicted molar refractivity (Wildman–Crippen MR) is 72.0 cm³/mol. The van der Waals surface area contributed by atoms with Crippen LogP contribution in [-0.2, 0) is 13.1 Å². The summed E-state index contributed by atoms with van der Waals surface area (Å²) in [6, 6.07) is 0. The molecule has 0 bridgehead atoms. The van der Waals surface area contributed by atoms with Crippen LogP contribution in [0.1, 0.15) is 24.1 Å². The molecule has 0 spiro atoms. The minimum Gasteiger partial charge on any atom is -0.409 e. The number of hydrogen-bond acceptors (Lipinski definition) is 5. The Morgan fingerprint density at radius 3 is 2.89 bits per heavy atom. The molecule has 0 aliphatic rings. The van der Waals surface area contributed by atoms with Gasteiger partial charge >= 0.3 is 0 Å². The highest BCUT2D eigenvalue weighted by molar-refractivity contribution is 9.10. The first kappa shape index (κ1) is 13.5. The predicted octanol–water partition coefficient (Wildman–Crippen LogP) is 0.708. The van der Waals surface area contributed by atoms with E-state index in [0.717, 1.165) is 22.4 Å². The Kier molecular flexibility index (Phi) is 3.84. The van der Waals surface area contributed by atoms with Gasteiger partial charge in [0.05, 0.1) is 22.4 Å². The molecule has 3 N–H and O–H groups in total. The van der Waals surface area contributed by atoms with E-state index in [-0.39, 0.29) is 11.7 Å². The van der Waals surface area contributed by atoms with Crippen molar-refractivity contribution in [2.75, 3.05) is 0 Å². The zero-order valence-corrected chi connectivity index (χ0v) is 12.2. The van der Waals surface area contributed by atoms with Crippen molar-refractivity contribution in [2.45, 2.75) is 26.9 Å². The maximum absolute atomic E-state index is 8.57. The largest absolute Gasteiger partial charge is 0.409 e. The van der Waals surface area contributed by atoms with Crippen LogP contribution in [-0.4, -0.2) is 35.6 Å². The van der Waals surface area contributed by atoms with E-state index in [1.165, 1.54) is 6.33 Å². The lowest BCUT2D eigenvalue weighted by atomic mass is 10.3. The number of amidine groups is 1. The van der Waals surface area contributed by atoms with Crippen molar-refractivity contribution in [3.63, 3.8) is 0 Å². The van der Waals surface area contributed by atoms with Gasteiger partial charge in [-0.05, 0) is 29.8 Å². The van der Waals surface area contributed by atoms with Crippen LogP contribution in [0.2, 0.25) is 0 Å². The summed E-state index contributed by atoms with van der Waals surface area (Å²) >= 11 is 3.52. The van der Waals surface area contributed by atoms with Gasteiger partial charge in [-0.15, -0.1) is 5.10 Å². The molecule has 19 heavy (non-hydrogen) atoms. The second-order valence-corrected chi connectivity index (χ2v) is 4.71. The van der Waals surface area contributed by atoms with Gasteiger partial charge < -0.3 is 10.9 Å². The van der Waals surface area contributed by atoms with Crippen LogP contribution in [0.15, 0.2) is 16.0 Å². The molecule has 0 saturated heterocycles. The highest BCUT2D eigenvalue weighted by Crippen LogP contribution is 2.21. The van der Waals surface area contributed by atoms with Crippen LogP contribution in [0, 0.1) is 6.92 Å². The summed E-state index contributed by atoms with van der Waals surface area (Å²) in [5.74, 6) is 0.0795. The van der Waals surface area contributed by atoms with Crippen LogP contribution in [0.4, 0.5) is 0 Å². The maximum atomic E-state index is 8.57. The Hall–Kier alpha value is -1.90. The van der Waals surface area contributed by atoms with E-state index < -0.39 is 0 Å². The molecule has 9 heteroatoms. The first-order chi connectivity index (χ1) is 9.06. The highest BCUT2D eigenvalue weighted by atomic mass is 79.9. The van der Waals surface area contributed by atoms with Crippen LogP contribution in [0.3, 0.4) is 0 Å². The van der Waals surface area contributed by atoms with Crippen LogP contribution < -0.4 is 5.73 Å². The summed E-state index contributed by atoms with van der Waals surface area (Å²) in [6.07, 6.45) is 1.53. The van der Waals surface area contributed by atoms with Crippen LogP contribution >= 0.6 is 15.9 Å². The Labute approximate surface area is 118 Å². The molecule has 0 fully saturated rings. The summed E-state index contributed by atoms with van der Waals surface area (Å²) in [5, 5.41) is 20.0. The molecular weight excluding hydrogens is 314 g/mol. The molecule has 0 aliphatic heterocycles. The van der Waals surface area contributed by atoms with Crippen molar-refractivity contribution >= 4 is 21.8 Å². The van der Waals surface area contributed by atoms with Crippen LogP contribution in [0.25, 0.3) is 0 Å². The number of oxime groups is 1. The van der Waals surface area contributed by atoms with Gasteiger partial charge in [0.15, 0.2) is 0 Å². The number of aromatic nitrogens is 5. The van der Waals surface area contributed by atoms with Gasteiger partial charge in [0.2, 0.25) is 11.7 Å². The molecule has 2 heterocycles. The fraction of sp³-hybridized carbons (Fsp3) is 0.400. The molecule has 0 aromatic carbocycles. The Morgan fingerprint density at radius 1 is 1.53 bits per heavy atom. The molecule has 0 amide bonds. The average Bonchev–Trinajstić information content (AvgIpc) is 2.98. The number of nitrogens with zero attached hydrogens (tertiary/aromatic N) is 6. The summed E-state index contributed by atoms with van der Waals surface area (Å²) in [7, 11) is 0. The number of hydrogen-bond donors (Lipinski definition) is 2. The Bertz CT molecular complexity index is 615. The highest BCUT2D eigenvalue weighted by Gasteiger charge is 2.14. The van der Waals surface area contributed by atoms with Gasteiger partial charge in [0.1, 0.15) is 6.33 Å². The monoisotopic (exact) mass is 327 g/mol. The second-order valence-electron chi connectivity index (χ2n) is 3.91. The van der Waals surface area contributed by atoms with E-state index in [9.17, 15) is 0 Å². The van der Waals surface area contributed by atoms with E-state index >= 15 is 0 Å². The van der Waals surface area contributed by atoms with E-state index in [0.29, 0.717) is 6.54 Å². The molecule has 2 rings (SSSR count). The third-order valence-corrected chi connectivity index (χ3v) is 3.67. The molecule has 0 unspecified atom stereocenters. The van der Waals surface area contributed by atoms with Crippen molar-refractivity contribution in [3.05, 3.63) is 28.0 Å². The summed E-state index contributed by atoms with van der Waals surface area (Å²) in [4.78, 5) is 3.97. The zero-order valence-electron chi connectivity index (χ0n) is 10.6. The summed E-state index contributed by atoms with van der Waals surface area (Å²) in [5.41, 5.74) is 7.35. The Balaban J connectivity index is 2.29. The molecule has 0 radical (unpaired) electrons. The number of halogens is 1. The fourth-order valence-corrected chi connectivity index (χ4v) is 2.12. The van der Waals surface area contributed by atoms with Crippen molar-refractivity contribution < 1.29 is 5.21 Å². The molecular formula is C10H14BrN7O. The molecule has 8 nitrogen and oxygen atoms in total. The number of aryl methyl sites for hydroxylation is 2. The summed E-state index contributed by atoms with van der Waals surface area (Å²) in [6.45, 7) is 5.22. The molecule has 2 aromatic heterocycles. The molecule has 0 saturated carbocycles. The second kappa shape index (κ2) is 5.39. The van der Waals surface area contributed by atoms with Crippen LogP contribution in [0.5, 0.6) is 0 Å². The quantitative estimate of drug-likeness (QED) is 0.372. The van der Waals surface area contributed by atoms with Gasteiger partial charge in [-0.1, -0.05) is 5.16 Å². The maximum Gasteiger partial charge on any atom is 0.219 e. The third kappa shape index (κ3) is 2.60. The lowest BCUT2D eigenvalue weighted by Gasteiger charge is -2.05. The van der Waals surface area contributed by atoms with E-state index in [1.807, 2.05) is 18.5 Å². The van der Waals surface area contributed by atoms with Crippen molar-refractivity contribution in [1.29, 1.82) is 0 Å². The van der Waals surface area contributed by atoms with Crippen molar-refractivity contribution in [2.24, 2.45) is 10.9 Å². The van der Waals surface area contributed by atoms with E-state index in [2.05, 4.69) is 36.3 Å². The lowest BCUT2D eigenvalue weighted by molar-refractivity contribution is 0.318. The van der Waals surface area contributed by atoms with E-state index in [4.69, 9.17) is 10.9 Å². The smallest absolute Gasteiger partial charge is 0.219 e. The van der Waals surface area contributed by atoms with Gasteiger partial charge in [-0.3, -0.25) is 4.68 Å². The fourth-order valence-electron chi connectivity index (χ4n) is 1.71. The standard InChI is InChI=1S/C10H14BrN7O/c1-3-18-7(8(11)6(2)14-18)4-17-5-13-10(15-17)9(12)16-19/h5,19H,3-4H2,1-2H3,(H2,12,16). The molecule has 0 aliphatic carbocycles. The van der Waals surface area contributed by atoms with Crippen molar-refractivity contribution in [1.82, 2.24) is 24.5 Å². The summed E-state index contributed by atoms with van der Waals surface area (Å²) < 4.78 is 4.46. The van der Waals surface area contributed by atoms with Gasteiger partial charge in [-0.25, -0.2) is 9.67 Å². The SMILES string of the molecule is CCn1nc(C)c(Br)c1Cn1cnc(C(N)=NO)n1. The zero-order chi connectivity index (χ0) is 14.0. The lowest BCUT2D eigenvalue weighted by Crippen LogP contribution is -2.16. The third-order valence-electron chi connectivity index (χ3n) is 2.64. The van der Waals surface area contributed by atoms with Gasteiger partial charge in [-0.2, -0.15) is 5.10 Å². The number of nitrogens with two attached hydrogens (primary N) is 1. The van der Waals surface area contributed by atoms with Crippen molar-refractivity contribution in [3.8, 4) is 0 Å². The minimum absolute atomic E-state index is 0.113. The topological polar surface area (TPSA) is 107 Å². The molecule has 102 valence electrons. The first-order valence-electron chi connectivity index (χ1n) is 5.66. The average molecular weight is 328 g/mol. The normalized spacial score (nSPS) is 12.1. The molecule has 0 atom stereocenters. The van der Waals surface area contributed by atoms with Gasteiger partial charge in [0, 0.05) is 6.54 Å². The Morgan fingerprint density at radius 2 is 2.26 bits per heavy atom. The number of rotatable bonds is 4. The van der Waals surface area contributed by atoms with E-state index in [1.54, 1.807) is 4.68 Å². The molecule has 2 aromatic rings. The first-order valence-corrected chi connectivity index (χ1v) is 6.45. The van der Waals surface area contributed by atoms with Gasteiger partial charge in [0.25, 0.3) is 0 Å². The minimum atomic E-state index is -0.113.